The third-order valence-electron chi connectivity index (χ3n) is 3.87. The number of benzene rings is 2. The van der Waals surface area contributed by atoms with E-state index in [1.807, 2.05) is 30.5 Å². The summed E-state index contributed by atoms with van der Waals surface area (Å²) >= 11 is 7.63. The van der Waals surface area contributed by atoms with Gasteiger partial charge in [-0.15, -0.1) is 11.8 Å². The van der Waals surface area contributed by atoms with Crippen LogP contribution in [0.25, 0.3) is 0 Å². The van der Waals surface area contributed by atoms with Crippen molar-refractivity contribution in [3.63, 3.8) is 0 Å². The predicted molar refractivity (Wildman–Crippen MR) is 99.2 cm³/mol. The molecule has 0 saturated carbocycles. The first-order valence-electron chi connectivity index (χ1n) is 7.51. The van der Waals surface area contributed by atoms with Crippen LogP contribution in [0.4, 0.5) is 10.1 Å². The van der Waals surface area contributed by atoms with Crippen molar-refractivity contribution in [2.45, 2.75) is 24.4 Å². The average Bonchev–Trinajstić information content (AvgIpc) is 2.57. The second kappa shape index (κ2) is 8.51. The number of halogens is 2. The molecule has 1 N–H and O–H groups in total. The van der Waals surface area contributed by atoms with Gasteiger partial charge in [-0.25, -0.2) is 4.39 Å². The van der Waals surface area contributed by atoms with Crippen LogP contribution in [0.3, 0.4) is 0 Å². The maximum atomic E-state index is 13.9. The highest BCUT2D eigenvalue weighted by Gasteiger charge is 2.21. The van der Waals surface area contributed by atoms with Crippen molar-refractivity contribution >= 4 is 35.0 Å². The third-order valence-corrected chi connectivity index (χ3v) is 5.02. The summed E-state index contributed by atoms with van der Waals surface area (Å²) in [5, 5.41) is 3.29. The van der Waals surface area contributed by atoms with E-state index < -0.39 is 6.04 Å². The summed E-state index contributed by atoms with van der Waals surface area (Å²) in [5.74, 6) is -0.513. The maximum Gasteiger partial charge on any atom is 0.241 e. The Bertz CT molecular complexity index is 706. The second-order valence-electron chi connectivity index (χ2n) is 5.48. The molecule has 128 valence electrons. The lowest BCUT2D eigenvalue weighted by atomic mass is 10.1. The van der Waals surface area contributed by atoms with Gasteiger partial charge in [-0.2, -0.15) is 0 Å². The first kappa shape index (κ1) is 18.8. The van der Waals surface area contributed by atoms with Crippen molar-refractivity contribution in [3.05, 3.63) is 58.9 Å². The number of hydrogen-bond donors (Lipinski definition) is 1. The zero-order chi connectivity index (χ0) is 17.7. The van der Waals surface area contributed by atoms with Crippen LogP contribution >= 0.6 is 23.4 Å². The van der Waals surface area contributed by atoms with E-state index in [0.717, 1.165) is 10.6 Å². The van der Waals surface area contributed by atoms with Gasteiger partial charge in [-0.05, 0) is 44.5 Å². The van der Waals surface area contributed by atoms with Crippen LogP contribution < -0.4 is 5.32 Å². The molecule has 0 aliphatic heterocycles. The van der Waals surface area contributed by atoms with Crippen LogP contribution in [0.5, 0.6) is 0 Å². The van der Waals surface area contributed by atoms with Gasteiger partial charge in [0.1, 0.15) is 5.82 Å². The van der Waals surface area contributed by atoms with E-state index >= 15 is 0 Å². The third kappa shape index (κ3) is 4.50. The van der Waals surface area contributed by atoms with Crippen molar-refractivity contribution in [2.24, 2.45) is 0 Å². The number of carbonyl (C=O) groups is 1. The maximum absolute atomic E-state index is 13.9. The minimum Gasteiger partial charge on any atom is -0.324 e. The molecule has 6 heteroatoms. The van der Waals surface area contributed by atoms with Gasteiger partial charge in [-0.1, -0.05) is 29.8 Å². The molecule has 1 atom stereocenters. The van der Waals surface area contributed by atoms with E-state index in [9.17, 15) is 9.18 Å². The van der Waals surface area contributed by atoms with Crippen molar-refractivity contribution in [3.8, 4) is 0 Å². The van der Waals surface area contributed by atoms with Crippen molar-refractivity contribution in [1.29, 1.82) is 0 Å². The fourth-order valence-electron chi connectivity index (χ4n) is 2.25. The fourth-order valence-corrected chi connectivity index (χ4v) is 3.03. The molecule has 0 aliphatic carbocycles. The van der Waals surface area contributed by atoms with Crippen LogP contribution in [-0.4, -0.2) is 30.2 Å². The number of carbonyl (C=O) groups excluding carboxylic acids is 1. The van der Waals surface area contributed by atoms with Crippen molar-refractivity contribution in [1.82, 2.24) is 4.90 Å². The number of nitrogens with zero attached hydrogens (tertiary/aromatic N) is 1. The Hall–Kier alpha value is -1.56. The summed E-state index contributed by atoms with van der Waals surface area (Å²) in [6, 6.07) is 11.8. The number of hydrogen-bond acceptors (Lipinski definition) is 3. The molecule has 0 fully saturated rings. The Kier molecular flexibility index (Phi) is 6.66. The number of thioether (sulfide) groups is 1. The van der Waals surface area contributed by atoms with E-state index in [-0.39, 0.29) is 18.3 Å². The Labute approximate surface area is 151 Å². The molecular weight excluding hydrogens is 347 g/mol. The number of rotatable bonds is 6. The molecule has 1 amide bonds. The van der Waals surface area contributed by atoms with Crippen LogP contribution in [-0.2, 0) is 11.3 Å². The van der Waals surface area contributed by atoms with Crippen LogP contribution in [0.2, 0.25) is 5.02 Å². The molecule has 24 heavy (non-hydrogen) atoms. The normalized spacial score (nSPS) is 12.2. The monoisotopic (exact) mass is 366 g/mol. The smallest absolute Gasteiger partial charge is 0.241 e. The molecule has 2 aromatic carbocycles. The lowest BCUT2D eigenvalue weighted by Gasteiger charge is -2.25. The summed E-state index contributed by atoms with van der Waals surface area (Å²) in [5.41, 5.74) is 1.17. The Morgan fingerprint density at radius 1 is 1.29 bits per heavy atom. The number of amides is 1. The lowest BCUT2D eigenvalue weighted by Crippen LogP contribution is -2.39. The molecule has 0 aliphatic rings. The topological polar surface area (TPSA) is 32.3 Å². The molecule has 0 radical (unpaired) electrons. The van der Waals surface area contributed by atoms with Crippen molar-refractivity contribution < 1.29 is 9.18 Å². The summed E-state index contributed by atoms with van der Waals surface area (Å²) < 4.78 is 13.9. The van der Waals surface area contributed by atoms with Gasteiger partial charge in [0, 0.05) is 22.0 Å². The summed E-state index contributed by atoms with van der Waals surface area (Å²) in [6.45, 7) is 2.04. The van der Waals surface area contributed by atoms with Crippen molar-refractivity contribution in [2.75, 3.05) is 18.6 Å². The minimum atomic E-state index is -0.435. The van der Waals surface area contributed by atoms with Gasteiger partial charge in [-0.3, -0.25) is 9.69 Å². The zero-order valence-corrected chi connectivity index (χ0v) is 15.4. The first-order chi connectivity index (χ1) is 11.4. The number of para-hydroxylation sites is 1. The SMILES string of the molecule is CSc1ccccc1NC(=O)C(C)N(C)Cc1c(F)cccc1Cl. The zero-order valence-electron chi connectivity index (χ0n) is 13.8. The van der Waals surface area contributed by atoms with Crippen LogP contribution in [0, 0.1) is 5.82 Å². The highest BCUT2D eigenvalue weighted by atomic mass is 35.5. The van der Waals surface area contributed by atoms with Gasteiger partial charge in [0.2, 0.25) is 5.91 Å². The summed E-state index contributed by atoms with van der Waals surface area (Å²) in [4.78, 5) is 15.3. The standard InChI is InChI=1S/C18H20ClFN2OS/c1-12(18(23)21-16-9-4-5-10-17(16)24-3)22(2)11-13-14(19)7-6-8-15(13)20/h4-10,12H,11H2,1-3H3,(H,21,23). The quantitative estimate of drug-likeness (QED) is 0.754. The highest BCUT2D eigenvalue weighted by molar-refractivity contribution is 7.98. The molecule has 0 spiro atoms. The molecule has 1 unspecified atom stereocenters. The Morgan fingerprint density at radius 3 is 2.67 bits per heavy atom. The van der Waals surface area contributed by atoms with Gasteiger partial charge in [0.15, 0.2) is 0 Å². The van der Waals surface area contributed by atoms with Crippen LogP contribution in [0.1, 0.15) is 12.5 Å². The molecule has 2 rings (SSSR count). The Balaban J connectivity index is 2.07. The van der Waals surface area contributed by atoms with Gasteiger partial charge >= 0.3 is 0 Å². The van der Waals surface area contributed by atoms with Gasteiger partial charge in [0.25, 0.3) is 0 Å². The molecule has 3 nitrogen and oxygen atoms in total. The van der Waals surface area contributed by atoms with E-state index in [4.69, 9.17) is 11.6 Å². The molecule has 2 aromatic rings. The summed E-state index contributed by atoms with van der Waals surface area (Å²) in [6.07, 6.45) is 1.96. The predicted octanol–water partition coefficient (Wildman–Crippen LogP) is 4.66. The molecule has 0 bridgehead atoms. The summed E-state index contributed by atoms with van der Waals surface area (Å²) in [7, 11) is 1.77. The number of likely N-dealkylation sites (N-methyl/N-ethyl adjacent to an activating group) is 1. The van der Waals surface area contributed by atoms with E-state index in [0.29, 0.717) is 10.6 Å². The van der Waals surface area contributed by atoms with Gasteiger partial charge in [0.05, 0.1) is 11.7 Å². The second-order valence-corrected chi connectivity index (χ2v) is 6.74. The highest BCUT2D eigenvalue weighted by Crippen LogP contribution is 2.25. The number of anilines is 1. The van der Waals surface area contributed by atoms with E-state index in [2.05, 4.69) is 5.32 Å². The van der Waals surface area contributed by atoms with Crippen LogP contribution in [0.15, 0.2) is 47.4 Å². The average molecular weight is 367 g/mol. The largest absolute Gasteiger partial charge is 0.324 e. The molecular formula is C18H20ClFN2OS. The fraction of sp³-hybridized carbons (Fsp3) is 0.278. The molecule has 0 saturated heterocycles. The molecule has 0 heterocycles. The Morgan fingerprint density at radius 2 is 2.00 bits per heavy atom. The number of nitrogens with one attached hydrogen (secondary N) is 1. The van der Waals surface area contributed by atoms with E-state index in [1.165, 1.54) is 6.07 Å². The first-order valence-corrected chi connectivity index (χ1v) is 9.11. The van der Waals surface area contributed by atoms with E-state index in [1.54, 1.807) is 42.8 Å². The lowest BCUT2D eigenvalue weighted by molar-refractivity contribution is -0.120. The minimum absolute atomic E-state index is 0.147. The van der Waals surface area contributed by atoms with Gasteiger partial charge < -0.3 is 5.32 Å². The molecule has 0 aromatic heterocycles.